The monoisotopic (exact) mass is 400 g/mol. The lowest BCUT2D eigenvalue weighted by atomic mass is 9.90. The number of carboxylic acids is 2. The summed E-state index contributed by atoms with van der Waals surface area (Å²) in [5.41, 5.74) is 1.49. The van der Waals surface area contributed by atoms with E-state index in [1.165, 1.54) is 24.3 Å². The van der Waals surface area contributed by atoms with Crippen LogP contribution in [0.3, 0.4) is 0 Å². The first-order chi connectivity index (χ1) is 14.0. The average molecular weight is 400 g/mol. The van der Waals surface area contributed by atoms with Crippen LogP contribution in [0.1, 0.15) is 44.4 Å². The molecule has 8 heteroatoms. The van der Waals surface area contributed by atoms with Crippen molar-refractivity contribution < 1.29 is 38.7 Å². The van der Waals surface area contributed by atoms with Crippen LogP contribution in [-0.4, -0.2) is 48.6 Å². The normalized spacial score (nSPS) is 26.9. The molecule has 1 spiro atoms. The first-order valence-electron chi connectivity index (χ1n) is 9.09. The lowest BCUT2D eigenvalue weighted by Gasteiger charge is -2.43. The SMILES string of the molecule is O=C(O)c1ccc(C2OCC3(CO2)COC(c2ccc(C(=O)O)cc2)OC3)cc1. The van der Waals surface area contributed by atoms with Crippen molar-refractivity contribution in [1.29, 1.82) is 0 Å². The van der Waals surface area contributed by atoms with Gasteiger partial charge in [0.05, 0.1) is 43.0 Å². The van der Waals surface area contributed by atoms with E-state index in [4.69, 9.17) is 29.2 Å². The van der Waals surface area contributed by atoms with Crippen LogP contribution in [0.2, 0.25) is 0 Å². The maximum absolute atomic E-state index is 10.9. The Morgan fingerprint density at radius 1 is 0.655 bits per heavy atom. The van der Waals surface area contributed by atoms with Crippen molar-refractivity contribution in [2.45, 2.75) is 12.6 Å². The number of rotatable bonds is 4. The molecule has 4 rings (SSSR count). The number of hydrogen-bond acceptors (Lipinski definition) is 6. The number of carboxylic acid groups (broad SMARTS) is 2. The molecule has 0 unspecified atom stereocenters. The molecule has 0 aromatic heterocycles. The molecule has 2 aromatic rings. The molecule has 152 valence electrons. The Hall–Kier alpha value is -2.78. The highest BCUT2D eigenvalue weighted by atomic mass is 16.7. The van der Waals surface area contributed by atoms with E-state index in [1.54, 1.807) is 24.3 Å². The third kappa shape index (κ3) is 4.15. The van der Waals surface area contributed by atoms with Crippen molar-refractivity contribution in [3.05, 3.63) is 70.8 Å². The molecule has 0 atom stereocenters. The number of carbonyl (C=O) groups is 2. The maximum atomic E-state index is 10.9. The van der Waals surface area contributed by atoms with Crippen LogP contribution in [-0.2, 0) is 18.9 Å². The van der Waals surface area contributed by atoms with Gasteiger partial charge in [-0.1, -0.05) is 24.3 Å². The number of hydrogen-bond donors (Lipinski definition) is 2. The molecule has 29 heavy (non-hydrogen) atoms. The second-order valence-electron chi connectivity index (χ2n) is 7.26. The second kappa shape index (κ2) is 7.92. The third-order valence-corrected chi connectivity index (χ3v) is 5.02. The van der Waals surface area contributed by atoms with Crippen LogP contribution < -0.4 is 0 Å². The first-order valence-corrected chi connectivity index (χ1v) is 9.09. The summed E-state index contributed by atoms with van der Waals surface area (Å²) >= 11 is 0. The molecule has 0 radical (unpaired) electrons. The van der Waals surface area contributed by atoms with Gasteiger partial charge in [0.1, 0.15) is 0 Å². The Balaban J connectivity index is 1.33. The Morgan fingerprint density at radius 2 is 0.966 bits per heavy atom. The summed E-state index contributed by atoms with van der Waals surface area (Å²) in [6, 6.07) is 12.8. The quantitative estimate of drug-likeness (QED) is 0.806. The minimum atomic E-state index is -0.982. The highest BCUT2D eigenvalue weighted by molar-refractivity contribution is 5.87. The summed E-state index contributed by atoms with van der Waals surface area (Å²) in [6.07, 6.45) is -1.13. The molecule has 0 bridgehead atoms. The van der Waals surface area contributed by atoms with Crippen molar-refractivity contribution in [3.8, 4) is 0 Å². The fraction of sp³-hybridized carbons (Fsp3) is 0.333. The number of ether oxygens (including phenoxy) is 4. The van der Waals surface area contributed by atoms with Crippen LogP contribution >= 0.6 is 0 Å². The number of aromatic carboxylic acids is 2. The maximum Gasteiger partial charge on any atom is 0.335 e. The zero-order valence-corrected chi connectivity index (χ0v) is 15.4. The van der Waals surface area contributed by atoms with E-state index in [1.807, 2.05) is 0 Å². The molecule has 0 saturated carbocycles. The molecule has 0 aliphatic carbocycles. The molecule has 2 aromatic carbocycles. The summed E-state index contributed by atoms with van der Waals surface area (Å²) < 4.78 is 23.4. The van der Waals surface area contributed by atoms with E-state index in [0.29, 0.717) is 26.4 Å². The van der Waals surface area contributed by atoms with E-state index in [-0.39, 0.29) is 11.1 Å². The van der Waals surface area contributed by atoms with Crippen molar-refractivity contribution in [3.63, 3.8) is 0 Å². The Bertz CT molecular complexity index is 795. The Kier molecular flexibility index (Phi) is 5.33. The van der Waals surface area contributed by atoms with Gasteiger partial charge < -0.3 is 29.2 Å². The molecule has 2 aliphatic rings. The minimum absolute atomic E-state index is 0.206. The first kappa shape index (κ1) is 19.5. The summed E-state index contributed by atoms with van der Waals surface area (Å²) in [5.74, 6) is -1.96. The Morgan fingerprint density at radius 3 is 1.24 bits per heavy atom. The lowest BCUT2D eigenvalue weighted by molar-refractivity contribution is -0.307. The number of benzene rings is 2. The van der Waals surface area contributed by atoms with Crippen LogP contribution in [0.5, 0.6) is 0 Å². The van der Waals surface area contributed by atoms with Gasteiger partial charge in [-0.05, 0) is 24.3 Å². The summed E-state index contributed by atoms with van der Waals surface area (Å²) in [4.78, 5) is 21.9. The highest BCUT2D eigenvalue weighted by Gasteiger charge is 2.42. The molecular formula is C21H20O8. The van der Waals surface area contributed by atoms with Gasteiger partial charge in [-0.15, -0.1) is 0 Å². The second-order valence-corrected chi connectivity index (χ2v) is 7.26. The predicted octanol–water partition coefficient (Wildman–Crippen LogP) is 2.86. The standard InChI is InChI=1S/C21H20O8/c22-17(23)13-1-5-15(6-2-13)19-26-9-21(10-27-19)11-28-20(29-12-21)16-7-3-14(4-8-16)18(24)25/h1-8,19-20H,9-12H2,(H,22,23)(H,24,25). The summed E-state index contributed by atoms with van der Waals surface area (Å²) in [7, 11) is 0. The molecule has 2 N–H and O–H groups in total. The van der Waals surface area contributed by atoms with Crippen LogP contribution in [0.15, 0.2) is 48.5 Å². The summed E-state index contributed by atoms with van der Waals surface area (Å²) in [5, 5.41) is 18.0. The van der Waals surface area contributed by atoms with Gasteiger partial charge in [0.25, 0.3) is 0 Å². The Labute approximate surface area is 166 Å². The van der Waals surface area contributed by atoms with E-state index < -0.39 is 29.9 Å². The zero-order chi connectivity index (χ0) is 20.4. The van der Waals surface area contributed by atoms with Gasteiger partial charge in [-0.3, -0.25) is 0 Å². The molecule has 2 aliphatic heterocycles. The summed E-state index contributed by atoms with van der Waals surface area (Å²) in [6.45, 7) is 1.51. The minimum Gasteiger partial charge on any atom is -0.478 e. The average Bonchev–Trinajstić information content (AvgIpc) is 2.75. The molecule has 2 saturated heterocycles. The topological polar surface area (TPSA) is 112 Å². The van der Waals surface area contributed by atoms with Gasteiger partial charge in [-0.25, -0.2) is 9.59 Å². The molecule has 0 amide bonds. The van der Waals surface area contributed by atoms with Crippen LogP contribution in [0, 0.1) is 5.41 Å². The largest absolute Gasteiger partial charge is 0.478 e. The lowest BCUT2D eigenvalue weighted by Crippen LogP contribution is -2.49. The van der Waals surface area contributed by atoms with Crippen molar-refractivity contribution >= 4 is 11.9 Å². The van der Waals surface area contributed by atoms with Crippen molar-refractivity contribution in [2.75, 3.05) is 26.4 Å². The van der Waals surface area contributed by atoms with E-state index >= 15 is 0 Å². The highest BCUT2D eigenvalue weighted by Crippen LogP contribution is 2.38. The van der Waals surface area contributed by atoms with E-state index in [9.17, 15) is 9.59 Å². The van der Waals surface area contributed by atoms with Crippen LogP contribution in [0.4, 0.5) is 0 Å². The van der Waals surface area contributed by atoms with Crippen molar-refractivity contribution in [1.82, 2.24) is 0 Å². The molecule has 2 heterocycles. The van der Waals surface area contributed by atoms with E-state index in [0.717, 1.165) is 11.1 Å². The zero-order valence-electron chi connectivity index (χ0n) is 15.4. The third-order valence-electron chi connectivity index (χ3n) is 5.02. The predicted molar refractivity (Wildman–Crippen MR) is 98.5 cm³/mol. The molecule has 2 fully saturated rings. The van der Waals surface area contributed by atoms with E-state index in [2.05, 4.69) is 0 Å². The van der Waals surface area contributed by atoms with Gasteiger partial charge >= 0.3 is 11.9 Å². The van der Waals surface area contributed by atoms with Gasteiger partial charge in [-0.2, -0.15) is 0 Å². The fourth-order valence-corrected chi connectivity index (χ4v) is 3.31. The smallest absolute Gasteiger partial charge is 0.335 e. The molecular weight excluding hydrogens is 380 g/mol. The fourth-order valence-electron chi connectivity index (χ4n) is 3.31. The molecule has 8 nitrogen and oxygen atoms in total. The van der Waals surface area contributed by atoms with Crippen LogP contribution in [0.25, 0.3) is 0 Å². The van der Waals surface area contributed by atoms with Gasteiger partial charge in [0, 0.05) is 11.1 Å². The van der Waals surface area contributed by atoms with Gasteiger partial charge in [0.2, 0.25) is 0 Å². The van der Waals surface area contributed by atoms with Crippen molar-refractivity contribution in [2.24, 2.45) is 5.41 Å². The van der Waals surface area contributed by atoms with Gasteiger partial charge in [0.15, 0.2) is 12.6 Å².